The van der Waals surface area contributed by atoms with E-state index < -0.39 is 0 Å². The zero-order valence-electron chi connectivity index (χ0n) is 10.1. The van der Waals surface area contributed by atoms with Gasteiger partial charge in [0.15, 0.2) is 0 Å². The Hall–Kier alpha value is -1.81. The molecule has 1 heterocycles. The summed E-state index contributed by atoms with van der Waals surface area (Å²) in [4.78, 5) is 0. The van der Waals surface area contributed by atoms with Gasteiger partial charge in [-0.05, 0) is 24.6 Å². The SMILES string of the molecule is Cc1c(CNc2cccc(CO)c2)cnn1C. The lowest BCUT2D eigenvalue weighted by molar-refractivity contribution is 0.282. The quantitative estimate of drug-likeness (QED) is 0.844. The third kappa shape index (κ3) is 2.65. The molecule has 0 bridgehead atoms. The second-order valence-electron chi connectivity index (χ2n) is 4.09. The number of nitrogens with one attached hydrogen (secondary N) is 1. The van der Waals surface area contributed by atoms with Crippen LogP contribution < -0.4 is 5.32 Å². The number of aromatic nitrogens is 2. The summed E-state index contributed by atoms with van der Waals surface area (Å²) < 4.78 is 1.86. The zero-order valence-corrected chi connectivity index (χ0v) is 10.1. The molecule has 0 atom stereocenters. The molecule has 0 saturated heterocycles. The number of aryl methyl sites for hydroxylation is 1. The average Bonchev–Trinajstić information content (AvgIpc) is 2.68. The molecular formula is C13H17N3O. The summed E-state index contributed by atoms with van der Waals surface area (Å²) in [6.07, 6.45) is 1.87. The van der Waals surface area contributed by atoms with Crippen LogP contribution in [0, 0.1) is 6.92 Å². The summed E-state index contributed by atoms with van der Waals surface area (Å²) in [5.74, 6) is 0. The van der Waals surface area contributed by atoms with Gasteiger partial charge in [-0.15, -0.1) is 0 Å². The molecule has 1 aromatic carbocycles. The summed E-state index contributed by atoms with van der Waals surface area (Å²) in [6, 6.07) is 7.78. The number of benzene rings is 1. The molecule has 0 amide bonds. The molecule has 2 aromatic rings. The number of rotatable bonds is 4. The van der Waals surface area contributed by atoms with Gasteiger partial charge in [0.1, 0.15) is 0 Å². The second-order valence-corrected chi connectivity index (χ2v) is 4.09. The standard InChI is InChI=1S/C13H17N3O/c1-10-12(8-15-16(10)2)7-14-13-5-3-4-11(6-13)9-17/h3-6,8,14,17H,7,9H2,1-2H3. The normalized spacial score (nSPS) is 10.5. The van der Waals surface area contributed by atoms with Crippen molar-refractivity contribution in [3.8, 4) is 0 Å². The van der Waals surface area contributed by atoms with E-state index in [4.69, 9.17) is 5.11 Å². The Labute approximate surface area is 101 Å². The fourth-order valence-electron chi connectivity index (χ4n) is 1.69. The van der Waals surface area contributed by atoms with Crippen molar-refractivity contribution in [2.24, 2.45) is 7.05 Å². The van der Waals surface area contributed by atoms with Gasteiger partial charge < -0.3 is 10.4 Å². The summed E-state index contributed by atoms with van der Waals surface area (Å²) in [7, 11) is 1.94. The maximum Gasteiger partial charge on any atom is 0.0682 e. The number of aliphatic hydroxyl groups is 1. The van der Waals surface area contributed by atoms with Crippen molar-refractivity contribution in [3.05, 3.63) is 47.3 Å². The van der Waals surface area contributed by atoms with E-state index in [9.17, 15) is 0 Å². The largest absolute Gasteiger partial charge is 0.392 e. The number of hydrogen-bond donors (Lipinski definition) is 2. The van der Waals surface area contributed by atoms with Gasteiger partial charge in [-0.3, -0.25) is 4.68 Å². The van der Waals surface area contributed by atoms with Crippen molar-refractivity contribution in [1.29, 1.82) is 0 Å². The fourth-order valence-corrected chi connectivity index (χ4v) is 1.69. The van der Waals surface area contributed by atoms with Crippen LogP contribution in [-0.2, 0) is 20.2 Å². The Bertz CT molecular complexity index is 505. The lowest BCUT2D eigenvalue weighted by Crippen LogP contribution is -2.01. The molecule has 0 fully saturated rings. The Kier molecular flexibility index (Phi) is 3.44. The van der Waals surface area contributed by atoms with Crippen LogP contribution >= 0.6 is 0 Å². The van der Waals surface area contributed by atoms with Crippen LogP contribution in [0.1, 0.15) is 16.8 Å². The lowest BCUT2D eigenvalue weighted by atomic mass is 10.2. The molecule has 1 aromatic heterocycles. The highest BCUT2D eigenvalue weighted by molar-refractivity contribution is 5.46. The topological polar surface area (TPSA) is 50.1 Å². The van der Waals surface area contributed by atoms with Gasteiger partial charge in [-0.1, -0.05) is 12.1 Å². The van der Waals surface area contributed by atoms with Crippen LogP contribution in [0.5, 0.6) is 0 Å². The first-order valence-corrected chi connectivity index (χ1v) is 5.62. The molecule has 0 unspecified atom stereocenters. The molecule has 17 heavy (non-hydrogen) atoms. The summed E-state index contributed by atoms with van der Waals surface area (Å²) >= 11 is 0. The first-order valence-electron chi connectivity index (χ1n) is 5.62. The van der Waals surface area contributed by atoms with E-state index in [0.717, 1.165) is 23.5 Å². The van der Waals surface area contributed by atoms with E-state index in [2.05, 4.69) is 10.4 Å². The van der Waals surface area contributed by atoms with Crippen molar-refractivity contribution in [1.82, 2.24) is 9.78 Å². The zero-order chi connectivity index (χ0) is 12.3. The second kappa shape index (κ2) is 5.01. The molecule has 0 aliphatic carbocycles. The molecular weight excluding hydrogens is 214 g/mol. The third-order valence-electron chi connectivity index (χ3n) is 2.93. The first kappa shape index (κ1) is 11.7. The Balaban J connectivity index is 2.04. The van der Waals surface area contributed by atoms with E-state index in [1.165, 1.54) is 5.56 Å². The van der Waals surface area contributed by atoms with Crippen molar-refractivity contribution < 1.29 is 5.11 Å². The predicted octanol–water partition coefficient (Wildman–Crippen LogP) is 1.83. The van der Waals surface area contributed by atoms with Crippen LogP contribution in [0.4, 0.5) is 5.69 Å². The van der Waals surface area contributed by atoms with E-state index in [1.807, 2.05) is 49.1 Å². The Morgan fingerprint density at radius 1 is 1.41 bits per heavy atom. The van der Waals surface area contributed by atoms with Gasteiger partial charge >= 0.3 is 0 Å². The Morgan fingerprint density at radius 3 is 2.88 bits per heavy atom. The van der Waals surface area contributed by atoms with Gasteiger partial charge in [0, 0.05) is 30.5 Å². The van der Waals surface area contributed by atoms with Crippen LogP contribution in [0.25, 0.3) is 0 Å². The first-order chi connectivity index (χ1) is 8.20. The highest BCUT2D eigenvalue weighted by Crippen LogP contribution is 2.13. The number of anilines is 1. The molecule has 2 rings (SSSR count). The van der Waals surface area contributed by atoms with E-state index in [0.29, 0.717) is 0 Å². The molecule has 0 spiro atoms. The van der Waals surface area contributed by atoms with Crippen molar-refractivity contribution in [3.63, 3.8) is 0 Å². The number of nitrogens with zero attached hydrogens (tertiary/aromatic N) is 2. The maximum absolute atomic E-state index is 9.05. The van der Waals surface area contributed by atoms with Gasteiger partial charge in [0.2, 0.25) is 0 Å². The molecule has 4 heteroatoms. The average molecular weight is 231 g/mol. The highest BCUT2D eigenvalue weighted by atomic mass is 16.3. The fraction of sp³-hybridized carbons (Fsp3) is 0.308. The summed E-state index contributed by atoms with van der Waals surface area (Å²) in [5, 5.41) is 16.6. The van der Waals surface area contributed by atoms with Crippen LogP contribution in [0.15, 0.2) is 30.5 Å². The van der Waals surface area contributed by atoms with E-state index in [1.54, 1.807) is 0 Å². The smallest absolute Gasteiger partial charge is 0.0682 e. The van der Waals surface area contributed by atoms with Gasteiger partial charge in [0.25, 0.3) is 0 Å². The minimum atomic E-state index is 0.0709. The van der Waals surface area contributed by atoms with Crippen LogP contribution in [-0.4, -0.2) is 14.9 Å². The predicted molar refractivity (Wildman–Crippen MR) is 67.6 cm³/mol. The van der Waals surface area contributed by atoms with E-state index in [-0.39, 0.29) is 6.61 Å². The van der Waals surface area contributed by atoms with E-state index >= 15 is 0 Å². The van der Waals surface area contributed by atoms with Crippen molar-refractivity contribution in [2.75, 3.05) is 5.32 Å². The molecule has 2 N–H and O–H groups in total. The number of aliphatic hydroxyl groups excluding tert-OH is 1. The lowest BCUT2D eigenvalue weighted by Gasteiger charge is -2.07. The van der Waals surface area contributed by atoms with Gasteiger partial charge in [0.05, 0.1) is 12.8 Å². The molecule has 0 radical (unpaired) electrons. The molecule has 90 valence electrons. The Morgan fingerprint density at radius 2 is 2.24 bits per heavy atom. The maximum atomic E-state index is 9.05. The minimum absolute atomic E-state index is 0.0709. The monoisotopic (exact) mass is 231 g/mol. The van der Waals surface area contributed by atoms with Crippen molar-refractivity contribution >= 4 is 5.69 Å². The molecule has 0 aliphatic rings. The third-order valence-corrected chi connectivity index (χ3v) is 2.93. The van der Waals surface area contributed by atoms with Gasteiger partial charge in [-0.2, -0.15) is 5.10 Å². The molecule has 0 saturated carbocycles. The minimum Gasteiger partial charge on any atom is -0.392 e. The molecule has 4 nitrogen and oxygen atoms in total. The summed E-state index contributed by atoms with van der Waals surface area (Å²) in [6.45, 7) is 2.87. The van der Waals surface area contributed by atoms with Crippen LogP contribution in [0.3, 0.4) is 0 Å². The molecule has 0 aliphatic heterocycles. The van der Waals surface area contributed by atoms with Crippen LogP contribution in [0.2, 0.25) is 0 Å². The van der Waals surface area contributed by atoms with Crippen molar-refractivity contribution in [2.45, 2.75) is 20.1 Å². The summed E-state index contributed by atoms with van der Waals surface area (Å²) in [5.41, 5.74) is 4.27. The van der Waals surface area contributed by atoms with Gasteiger partial charge in [-0.25, -0.2) is 0 Å². The number of hydrogen-bond acceptors (Lipinski definition) is 3. The highest BCUT2D eigenvalue weighted by Gasteiger charge is 2.03.